The molecule has 0 saturated heterocycles. The molecule has 9 nitrogen and oxygen atoms in total. The van der Waals surface area contributed by atoms with E-state index in [2.05, 4.69) is 9.97 Å². The Morgan fingerprint density at radius 2 is 1.94 bits per heavy atom. The summed E-state index contributed by atoms with van der Waals surface area (Å²) in [6, 6.07) is 1.68. The van der Waals surface area contributed by atoms with Crippen molar-refractivity contribution >= 4 is 32.7 Å². The van der Waals surface area contributed by atoms with Gasteiger partial charge in [-0.1, -0.05) is 6.08 Å². The number of aromatic nitrogens is 3. The van der Waals surface area contributed by atoms with Gasteiger partial charge in [0.1, 0.15) is 22.3 Å². The second-order valence-corrected chi connectivity index (χ2v) is 9.10. The zero-order valence-corrected chi connectivity index (χ0v) is 18.6. The zero-order valence-electron chi connectivity index (χ0n) is 17.8. The fraction of sp³-hybridized carbons (Fsp3) is 0.190. The highest BCUT2D eigenvalue weighted by Gasteiger charge is 2.39. The number of amides is 1. The Morgan fingerprint density at radius 1 is 1.24 bits per heavy atom. The third kappa shape index (κ3) is 4.03. The van der Waals surface area contributed by atoms with E-state index in [-0.39, 0.29) is 17.0 Å². The second-order valence-electron chi connectivity index (χ2n) is 7.38. The van der Waals surface area contributed by atoms with Gasteiger partial charge < -0.3 is 10.5 Å². The predicted octanol–water partition coefficient (Wildman–Crippen LogP) is 2.85. The molecule has 0 fully saturated rings. The first kappa shape index (κ1) is 23.4. The number of pyridine rings is 2. The number of methoxy groups -OCH3 is 1. The number of halogens is 3. The van der Waals surface area contributed by atoms with Gasteiger partial charge in [0, 0.05) is 17.3 Å². The van der Waals surface area contributed by atoms with Gasteiger partial charge in [-0.3, -0.25) is 14.3 Å². The Balaban J connectivity index is 1.86. The van der Waals surface area contributed by atoms with E-state index in [1.54, 1.807) is 33.6 Å². The molecule has 0 aliphatic heterocycles. The van der Waals surface area contributed by atoms with E-state index < -0.39 is 33.0 Å². The molecule has 0 unspecified atom stereocenters. The highest BCUT2D eigenvalue weighted by molar-refractivity contribution is 7.89. The van der Waals surface area contributed by atoms with Gasteiger partial charge in [-0.25, -0.2) is 13.4 Å². The third-order valence-corrected chi connectivity index (χ3v) is 6.70. The minimum absolute atomic E-state index is 0.0783. The SMILES string of the molecule is COc1cnc2c(c1)c(C(N)=O)c(-c1ccc(S(=O)(=O)N[C@@H](C)C(F)(F)F)cn1)n2C1=CC=C1. The number of alkyl halides is 3. The van der Waals surface area contributed by atoms with Crippen LogP contribution in [0.3, 0.4) is 0 Å². The number of hydrogen-bond acceptors (Lipinski definition) is 6. The van der Waals surface area contributed by atoms with Gasteiger partial charge in [0.15, 0.2) is 0 Å². The van der Waals surface area contributed by atoms with Crippen LogP contribution in [0.15, 0.2) is 53.7 Å². The average molecular weight is 493 g/mol. The molecule has 4 rings (SSSR count). The van der Waals surface area contributed by atoms with Crippen LogP contribution in [0.2, 0.25) is 0 Å². The lowest BCUT2D eigenvalue weighted by Gasteiger charge is -2.17. The van der Waals surface area contributed by atoms with Crippen LogP contribution < -0.4 is 15.2 Å². The van der Waals surface area contributed by atoms with Crippen LogP contribution >= 0.6 is 0 Å². The summed E-state index contributed by atoms with van der Waals surface area (Å²) in [4.78, 5) is 20.5. The smallest absolute Gasteiger partial charge is 0.404 e. The number of carbonyl (C=O) groups excluding carboxylic acids is 1. The van der Waals surface area contributed by atoms with Crippen molar-refractivity contribution in [3.63, 3.8) is 0 Å². The molecule has 0 bridgehead atoms. The largest absolute Gasteiger partial charge is 0.495 e. The van der Waals surface area contributed by atoms with E-state index in [4.69, 9.17) is 10.5 Å². The van der Waals surface area contributed by atoms with Crippen LogP contribution in [0.5, 0.6) is 5.75 Å². The molecule has 0 radical (unpaired) electrons. The number of rotatable bonds is 7. The Kier molecular flexibility index (Phi) is 5.69. The second kappa shape index (κ2) is 8.25. The van der Waals surface area contributed by atoms with E-state index in [9.17, 15) is 26.4 Å². The number of nitrogens with one attached hydrogen (secondary N) is 1. The van der Waals surface area contributed by atoms with Crippen molar-refractivity contribution in [1.82, 2.24) is 19.3 Å². The number of carbonyl (C=O) groups is 1. The monoisotopic (exact) mass is 493 g/mol. The highest BCUT2D eigenvalue weighted by atomic mass is 32.2. The minimum atomic E-state index is -4.75. The first-order valence-corrected chi connectivity index (χ1v) is 11.2. The summed E-state index contributed by atoms with van der Waals surface area (Å²) >= 11 is 0. The lowest BCUT2D eigenvalue weighted by Crippen LogP contribution is -2.42. The molecular weight excluding hydrogens is 475 g/mol. The van der Waals surface area contributed by atoms with E-state index in [0.717, 1.165) is 12.3 Å². The number of fused-ring (bicyclic) bond motifs is 1. The fourth-order valence-corrected chi connectivity index (χ4v) is 4.55. The molecule has 1 aliphatic rings. The van der Waals surface area contributed by atoms with Gasteiger partial charge in [-0.2, -0.15) is 17.9 Å². The van der Waals surface area contributed by atoms with Crippen LogP contribution in [0.4, 0.5) is 13.2 Å². The predicted molar refractivity (Wildman–Crippen MR) is 117 cm³/mol. The van der Waals surface area contributed by atoms with Gasteiger partial charge in [-0.15, -0.1) is 0 Å². The summed E-state index contributed by atoms with van der Waals surface area (Å²) in [5, 5.41) is 0.391. The molecule has 1 aliphatic carbocycles. The average Bonchev–Trinajstić information content (AvgIpc) is 3.06. The summed E-state index contributed by atoms with van der Waals surface area (Å²) in [6.45, 7) is 0.693. The van der Waals surface area contributed by atoms with Crippen molar-refractivity contribution in [2.24, 2.45) is 5.73 Å². The molecule has 3 N–H and O–H groups in total. The van der Waals surface area contributed by atoms with Gasteiger partial charge >= 0.3 is 6.18 Å². The number of nitrogens with two attached hydrogens (primary N) is 1. The van der Waals surface area contributed by atoms with Gasteiger partial charge in [0.2, 0.25) is 10.0 Å². The molecular formula is C21H18F3N5O4S. The van der Waals surface area contributed by atoms with Crippen molar-refractivity contribution in [3.8, 4) is 17.1 Å². The molecule has 3 aromatic rings. The number of ether oxygens (including phenoxy) is 1. The molecule has 34 heavy (non-hydrogen) atoms. The van der Waals surface area contributed by atoms with Crippen LogP contribution in [-0.2, 0) is 10.0 Å². The maximum absolute atomic E-state index is 12.8. The molecule has 1 atom stereocenters. The summed E-state index contributed by atoms with van der Waals surface area (Å²) in [5.74, 6) is -0.395. The Labute approximate surface area is 191 Å². The molecule has 3 aromatic heterocycles. The molecule has 0 spiro atoms. The summed E-state index contributed by atoms with van der Waals surface area (Å²) in [7, 11) is -3.06. The van der Waals surface area contributed by atoms with E-state index in [0.29, 0.717) is 29.4 Å². The normalized spacial score (nSPS) is 14.6. The Hall–Kier alpha value is -3.71. The number of sulfonamides is 1. The van der Waals surface area contributed by atoms with Crippen molar-refractivity contribution in [2.45, 2.75) is 24.0 Å². The van der Waals surface area contributed by atoms with Crippen molar-refractivity contribution in [2.75, 3.05) is 7.11 Å². The minimum Gasteiger partial charge on any atom is -0.495 e. The maximum atomic E-state index is 12.8. The first-order valence-electron chi connectivity index (χ1n) is 9.76. The summed E-state index contributed by atoms with van der Waals surface area (Å²) in [6.07, 6.45) is 2.92. The van der Waals surface area contributed by atoms with Crippen LogP contribution in [0.25, 0.3) is 28.1 Å². The van der Waals surface area contributed by atoms with Crippen LogP contribution in [0, 0.1) is 0 Å². The van der Waals surface area contributed by atoms with E-state index in [1.165, 1.54) is 19.4 Å². The van der Waals surface area contributed by atoms with Crippen molar-refractivity contribution < 1.29 is 31.1 Å². The van der Waals surface area contributed by atoms with Gasteiger partial charge in [0.25, 0.3) is 5.91 Å². The van der Waals surface area contributed by atoms with Gasteiger partial charge in [0.05, 0.1) is 30.3 Å². The Bertz CT molecular complexity index is 1460. The Morgan fingerprint density at radius 3 is 2.44 bits per heavy atom. The topological polar surface area (TPSA) is 129 Å². The lowest BCUT2D eigenvalue weighted by atomic mass is 10.1. The maximum Gasteiger partial charge on any atom is 0.404 e. The fourth-order valence-electron chi connectivity index (χ4n) is 3.38. The molecule has 178 valence electrons. The number of primary amides is 1. The quantitative estimate of drug-likeness (QED) is 0.521. The first-order chi connectivity index (χ1) is 15.9. The van der Waals surface area contributed by atoms with Gasteiger partial charge in [-0.05, 0) is 37.3 Å². The molecule has 13 heteroatoms. The molecule has 0 aromatic carbocycles. The summed E-state index contributed by atoms with van der Waals surface area (Å²) in [5.41, 5.74) is 7.23. The highest BCUT2D eigenvalue weighted by Crippen LogP contribution is 2.37. The summed E-state index contributed by atoms with van der Waals surface area (Å²) < 4.78 is 71.6. The van der Waals surface area contributed by atoms with Crippen molar-refractivity contribution in [1.29, 1.82) is 0 Å². The standard InChI is InChI=1S/C21H18F3N5O4S/c1-11(21(22,23)24)28-34(31,32)14-6-7-16(26-10-14)18-17(19(25)30)15-8-13(33-2)9-27-20(15)29(18)12-4-3-5-12/h3-11,28H,1-2H3,(H2,25,30)/t11-/m0/s1. The molecule has 0 saturated carbocycles. The van der Waals surface area contributed by atoms with Crippen LogP contribution in [0.1, 0.15) is 17.3 Å². The van der Waals surface area contributed by atoms with E-state index in [1.807, 2.05) is 0 Å². The van der Waals surface area contributed by atoms with E-state index >= 15 is 0 Å². The van der Waals surface area contributed by atoms with Crippen molar-refractivity contribution in [3.05, 3.63) is 54.4 Å². The number of nitrogens with zero attached hydrogens (tertiary/aromatic N) is 3. The number of allylic oxidation sites excluding steroid dienone is 4. The lowest BCUT2D eigenvalue weighted by molar-refractivity contribution is -0.147. The number of hydrogen-bond donors (Lipinski definition) is 2. The third-order valence-electron chi connectivity index (χ3n) is 5.17. The molecule has 1 amide bonds. The zero-order chi connectivity index (χ0) is 24.8. The molecule has 3 heterocycles. The van der Waals surface area contributed by atoms with Crippen LogP contribution in [-0.4, -0.2) is 48.2 Å².